The summed E-state index contributed by atoms with van der Waals surface area (Å²) in [5, 5.41) is 6.01. The van der Waals surface area contributed by atoms with Gasteiger partial charge in [0.2, 0.25) is 11.8 Å². The average molecular weight is 301 g/mol. The second kappa shape index (κ2) is 5.97. The Bertz CT molecular complexity index is 740. The lowest BCUT2D eigenvalue weighted by Crippen LogP contribution is -2.02. The van der Waals surface area contributed by atoms with E-state index in [0.717, 1.165) is 22.5 Å². The number of hydrogen-bond donors (Lipinski definition) is 1. The van der Waals surface area contributed by atoms with Crippen molar-refractivity contribution in [1.82, 2.24) is 9.97 Å². The zero-order valence-corrected chi connectivity index (χ0v) is 12.6. The minimum Gasteiger partial charge on any atom is -0.497 e. The lowest BCUT2D eigenvalue weighted by atomic mass is 10.3. The van der Waals surface area contributed by atoms with Gasteiger partial charge in [-0.05, 0) is 42.6 Å². The van der Waals surface area contributed by atoms with Gasteiger partial charge in [0, 0.05) is 6.54 Å². The van der Waals surface area contributed by atoms with Crippen LogP contribution in [0.3, 0.4) is 0 Å². The number of anilines is 1. The van der Waals surface area contributed by atoms with E-state index in [2.05, 4.69) is 15.3 Å². The molecular weight excluding hydrogens is 286 g/mol. The lowest BCUT2D eigenvalue weighted by molar-refractivity contribution is 0.412. The van der Waals surface area contributed by atoms with Crippen LogP contribution in [0.15, 0.2) is 35.7 Å². The molecule has 0 aliphatic heterocycles. The number of aromatic nitrogens is 2. The number of nitrogens with zero attached hydrogens (tertiary/aromatic N) is 2. The van der Waals surface area contributed by atoms with Crippen LogP contribution in [0.25, 0.3) is 10.2 Å². The van der Waals surface area contributed by atoms with Crippen molar-refractivity contribution in [1.29, 1.82) is 0 Å². The van der Waals surface area contributed by atoms with Crippen molar-refractivity contribution < 1.29 is 9.47 Å². The second-order valence-corrected chi connectivity index (χ2v) is 5.19. The first-order valence-corrected chi connectivity index (χ1v) is 7.49. The third-order valence-electron chi connectivity index (χ3n) is 2.90. The Morgan fingerprint density at radius 1 is 1.10 bits per heavy atom. The maximum absolute atomic E-state index is 5.90. The molecule has 0 saturated carbocycles. The Kier molecular flexibility index (Phi) is 3.87. The Hall–Kier alpha value is -2.34. The number of thiophene rings is 1. The minimum absolute atomic E-state index is 0.558. The number of fused-ring (bicyclic) bond motifs is 1. The molecule has 2 heterocycles. The molecule has 0 atom stereocenters. The fourth-order valence-electron chi connectivity index (χ4n) is 1.90. The summed E-state index contributed by atoms with van der Waals surface area (Å²) in [4.78, 5) is 9.79. The SMILES string of the molecule is CCNc1nc(Oc2ccc(OC)cc2)c2ccsc2n1. The van der Waals surface area contributed by atoms with Crippen molar-refractivity contribution >= 4 is 27.5 Å². The van der Waals surface area contributed by atoms with E-state index >= 15 is 0 Å². The molecule has 0 aliphatic rings. The van der Waals surface area contributed by atoms with Gasteiger partial charge in [0.1, 0.15) is 16.3 Å². The molecule has 3 rings (SSSR count). The number of methoxy groups -OCH3 is 1. The van der Waals surface area contributed by atoms with Crippen molar-refractivity contribution in [2.24, 2.45) is 0 Å². The van der Waals surface area contributed by atoms with Gasteiger partial charge < -0.3 is 14.8 Å². The fraction of sp³-hybridized carbons (Fsp3) is 0.200. The highest BCUT2D eigenvalue weighted by Crippen LogP contribution is 2.31. The molecule has 108 valence electrons. The monoisotopic (exact) mass is 301 g/mol. The minimum atomic E-state index is 0.558. The van der Waals surface area contributed by atoms with Crippen LogP contribution >= 0.6 is 11.3 Å². The van der Waals surface area contributed by atoms with Crippen LogP contribution in [0, 0.1) is 0 Å². The topological polar surface area (TPSA) is 56.3 Å². The molecule has 21 heavy (non-hydrogen) atoms. The van der Waals surface area contributed by atoms with Gasteiger partial charge in [-0.1, -0.05) is 0 Å². The summed E-state index contributed by atoms with van der Waals surface area (Å²) in [6.45, 7) is 2.77. The highest BCUT2D eigenvalue weighted by molar-refractivity contribution is 7.16. The van der Waals surface area contributed by atoms with E-state index in [-0.39, 0.29) is 0 Å². The van der Waals surface area contributed by atoms with E-state index in [4.69, 9.17) is 9.47 Å². The molecule has 0 bridgehead atoms. The number of benzene rings is 1. The van der Waals surface area contributed by atoms with Crippen LogP contribution in [0.2, 0.25) is 0 Å². The van der Waals surface area contributed by atoms with Gasteiger partial charge in [0.05, 0.1) is 12.5 Å². The predicted octanol–water partition coefficient (Wildman–Crippen LogP) is 3.92. The molecule has 0 fully saturated rings. The van der Waals surface area contributed by atoms with Crippen molar-refractivity contribution in [3.8, 4) is 17.4 Å². The summed E-state index contributed by atoms with van der Waals surface area (Å²) < 4.78 is 11.0. The van der Waals surface area contributed by atoms with E-state index in [1.54, 1.807) is 18.4 Å². The van der Waals surface area contributed by atoms with E-state index in [0.29, 0.717) is 17.6 Å². The summed E-state index contributed by atoms with van der Waals surface area (Å²) >= 11 is 1.57. The largest absolute Gasteiger partial charge is 0.497 e. The molecule has 0 spiro atoms. The van der Waals surface area contributed by atoms with Gasteiger partial charge in [0.15, 0.2) is 0 Å². The summed E-state index contributed by atoms with van der Waals surface area (Å²) in [6, 6.07) is 9.38. The standard InChI is InChI=1S/C15H15N3O2S/c1-3-16-15-17-13(12-8-9-21-14(12)18-15)20-11-6-4-10(19-2)5-7-11/h4-9H,3H2,1-2H3,(H,16,17,18). The van der Waals surface area contributed by atoms with Gasteiger partial charge in [0.25, 0.3) is 0 Å². The van der Waals surface area contributed by atoms with Crippen molar-refractivity contribution in [2.45, 2.75) is 6.92 Å². The summed E-state index contributed by atoms with van der Waals surface area (Å²) in [6.07, 6.45) is 0. The quantitative estimate of drug-likeness (QED) is 0.774. The molecule has 0 aliphatic carbocycles. The zero-order valence-electron chi connectivity index (χ0n) is 11.8. The zero-order chi connectivity index (χ0) is 14.7. The van der Waals surface area contributed by atoms with Gasteiger partial charge in [-0.15, -0.1) is 11.3 Å². The molecule has 6 heteroatoms. The number of ether oxygens (including phenoxy) is 2. The van der Waals surface area contributed by atoms with Gasteiger partial charge in [-0.3, -0.25) is 0 Å². The smallest absolute Gasteiger partial charge is 0.232 e. The third-order valence-corrected chi connectivity index (χ3v) is 3.71. The summed E-state index contributed by atoms with van der Waals surface area (Å²) in [5.41, 5.74) is 0. The Morgan fingerprint density at radius 3 is 2.57 bits per heavy atom. The third kappa shape index (κ3) is 2.90. The van der Waals surface area contributed by atoms with Gasteiger partial charge in [-0.25, -0.2) is 4.98 Å². The average Bonchev–Trinajstić information content (AvgIpc) is 2.97. The first-order valence-electron chi connectivity index (χ1n) is 6.61. The molecule has 0 amide bonds. The Morgan fingerprint density at radius 2 is 1.86 bits per heavy atom. The Labute approximate surface area is 126 Å². The van der Waals surface area contributed by atoms with E-state index in [1.807, 2.05) is 42.6 Å². The molecule has 1 aromatic carbocycles. The van der Waals surface area contributed by atoms with Crippen LogP contribution in [0.1, 0.15) is 6.92 Å². The second-order valence-electron chi connectivity index (χ2n) is 4.30. The Balaban J connectivity index is 1.95. The molecule has 5 nitrogen and oxygen atoms in total. The maximum Gasteiger partial charge on any atom is 0.232 e. The van der Waals surface area contributed by atoms with E-state index < -0.39 is 0 Å². The first-order chi connectivity index (χ1) is 10.3. The molecule has 2 aromatic heterocycles. The summed E-state index contributed by atoms with van der Waals surface area (Å²) in [7, 11) is 1.64. The maximum atomic E-state index is 5.90. The van der Waals surface area contributed by atoms with Gasteiger partial charge >= 0.3 is 0 Å². The van der Waals surface area contributed by atoms with Crippen molar-refractivity contribution in [3.05, 3.63) is 35.7 Å². The molecule has 0 radical (unpaired) electrons. The molecule has 1 N–H and O–H groups in total. The fourth-order valence-corrected chi connectivity index (χ4v) is 2.65. The number of rotatable bonds is 5. The normalized spacial score (nSPS) is 10.6. The number of nitrogens with one attached hydrogen (secondary N) is 1. The lowest BCUT2D eigenvalue weighted by Gasteiger charge is -2.09. The van der Waals surface area contributed by atoms with Crippen LogP contribution in [-0.4, -0.2) is 23.6 Å². The molecule has 0 saturated heterocycles. The molecular formula is C15H15N3O2S. The summed E-state index contributed by atoms with van der Waals surface area (Å²) in [5.74, 6) is 2.64. The van der Waals surface area contributed by atoms with Crippen LogP contribution < -0.4 is 14.8 Å². The highest BCUT2D eigenvalue weighted by atomic mass is 32.1. The highest BCUT2D eigenvalue weighted by Gasteiger charge is 2.10. The van der Waals surface area contributed by atoms with Crippen molar-refractivity contribution in [3.63, 3.8) is 0 Å². The van der Waals surface area contributed by atoms with Crippen LogP contribution in [-0.2, 0) is 0 Å². The molecule has 3 aromatic rings. The predicted molar refractivity (Wildman–Crippen MR) is 84.6 cm³/mol. The molecule has 0 unspecified atom stereocenters. The van der Waals surface area contributed by atoms with E-state index in [1.165, 1.54) is 0 Å². The van der Waals surface area contributed by atoms with Crippen LogP contribution in [0.5, 0.6) is 17.4 Å². The first kappa shape index (κ1) is 13.6. The van der Waals surface area contributed by atoms with Gasteiger partial charge in [-0.2, -0.15) is 4.98 Å². The van der Waals surface area contributed by atoms with Crippen molar-refractivity contribution in [2.75, 3.05) is 19.0 Å². The van der Waals surface area contributed by atoms with E-state index in [9.17, 15) is 0 Å². The van der Waals surface area contributed by atoms with Crippen LogP contribution in [0.4, 0.5) is 5.95 Å². The number of hydrogen-bond acceptors (Lipinski definition) is 6.